The maximum atomic E-state index is 14.6. The minimum absolute atomic E-state index is 0.00904. The molecule has 1 saturated heterocycles. The number of piperidine rings is 1. The Bertz CT molecular complexity index is 1850. The number of fused-ring (bicyclic) bond motifs is 1. The second kappa shape index (κ2) is 14.6. The molecular formula is C39H36F5N3OS. The number of alkyl halides is 3. The van der Waals surface area contributed by atoms with Crippen molar-refractivity contribution < 1.29 is 26.7 Å². The van der Waals surface area contributed by atoms with Gasteiger partial charge in [0.15, 0.2) is 11.6 Å². The highest BCUT2D eigenvalue weighted by molar-refractivity contribution is 8.02. The van der Waals surface area contributed by atoms with Crippen LogP contribution in [-0.4, -0.2) is 48.4 Å². The number of para-hydroxylation sites is 1. The van der Waals surface area contributed by atoms with Crippen molar-refractivity contribution in [3.63, 3.8) is 0 Å². The number of allylic oxidation sites excluding steroid dienone is 2. The number of benzene rings is 4. The largest absolute Gasteiger partial charge is 0.416 e. The fourth-order valence-electron chi connectivity index (χ4n) is 6.30. The van der Waals surface area contributed by atoms with Crippen LogP contribution >= 0.6 is 11.8 Å². The number of hydrogen-bond donors (Lipinski definition) is 0. The summed E-state index contributed by atoms with van der Waals surface area (Å²) < 4.78 is 67.7. The SMILES string of the molecule is C=C1C=C(SCc2cccc(F)c2F)N(CC(=O)N(Cc2ccc(-c3ccc(C(F)(F)F)cc3)cc2)C2CCN(C)CC2)c2ccccc21. The molecular weight excluding hydrogens is 654 g/mol. The van der Waals surface area contributed by atoms with Crippen molar-refractivity contribution in [1.29, 1.82) is 0 Å². The topological polar surface area (TPSA) is 26.8 Å². The summed E-state index contributed by atoms with van der Waals surface area (Å²) in [6.07, 6.45) is -0.881. The van der Waals surface area contributed by atoms with E-state index in [1.54, 1.807) is 6.07 Å². The number of thioether (sulfide) groups is 1. The Morgan fingerprint density at radius 3 is 2.22 bits per heavy atom. The van der Waals surface area contributed by atoms with E-state index < -0.39 is 23.4 Å². The first kappa shape index (κ1) is 34.5. The zero-order valence-electron chi connectivity index (χ0n) is 27.0. The summed E-state index contributed by atoms with van der Waals surface area (Å²) in [6, 6.07) is 24.5. The Labute approximate surface area is 287 Å². The molecule has 0 N–H and O–H groups in total. The van der Waals surface area contributed by atoms with E-state index in [1.165, 1.54) is 30.0 Å². The van der Waals surface area contributed by atoms with Gasteiger partial charge in [0.05, 0.1) is 10.6 Å². The van der Waals surface area contributed by atoms with Gasteiger partial charge in [0.1, 0.15) is 6.54 Å². The van der Waals surface area contributed by atoms with Gasteiger partial charge in [-0.3, -0.25) is 4.79 Å². The predicted molar refractivity (Wildman–Crippen MR) is 187 cm³/mol. The fraction of sp³-hybridized carbons (Fsp3) is 0.256. The lowest BCUT2D eigenvalue weighted by Gasteiger charge is -2.39. The maximum absolute atomic E-state index is 14.6. The number of halogens is 5. The minimum Gasteiger partial charge on any atom is -0.334 e. The van der Waals surface area contributed by atoms with E-state index in [-0.39, 0.29) is 29.8 Å². The first-order chi connectivity index (χ1) is 23.5. The Morgan fingerprint density at radius 2 is 1.55 bits per heavy atom. The quantitative estimate of drug-likeness (QED) is 0.164. The van der Waals surface area contributed by atoms with Crippen molar-refractivity contribution >= 4 is 28.9 Å². The van der Waals surface area contributed by atoms with Gasteiger partial charge in [-0.15, -0.1) is 11.8 Å². The van der Waals surface area contributed by atoms with Crippen LogP contribution in [0.1, 0.15) is 35.1 Å². The van der Waals surface area contributed by atoms with Gasteiger partial charge in [0, 0.05) is 35.2 Å². The van der Waals surface area contributed by atoms with Crippen molar-refractivity contribution in [3.8, 4) is 11.1 Å². The first-order valence-electron chi connectivity index (χ1n) is 16.1. The Hall–Kier alpha value is -4.41. The monoisotopic (exact) mass is 689 g/mol. The first-order valence-corrected chi connectivity index (χ1v) is 17.0. The van der Waals surface area contributed by atoms with Crippen LogP contribution in [0.3, 0.4) is 0 Å². The third kappa shape index (κ3) is 7.92. The van der Waals surface area contributed by atoms with Crippen molar-refractivity contribution in [2.45, 2.75) is 37.4 Å². The number of hydrogen-bond acceptors (Lipinski definition) is 4. The summed E-state index contributed by atoms with van der Waals surface area (Å²) in [6.45, 7) is 6.33. The summed E-state index contributed by atoms with van der Waals surface area (Å²) in [5.74, 6) is -1.70. The zero-order valence-corrected chi connectivity index (χ0v) is 27.8. The molecule has 6 rings (SSSR count). The van der Waals surface area contributed by atoms with Gasteiger partial charge < -0.3 is 14.7 Å². The molecule has 4 aromatic carbocycles. The number of carbonyl (C=O) groups is 1. The van der Waals surface area contributed by atoms with Gasteiger partial charge in [0.25, 0.3) is 0 Å². The highest BCUT2D eigenvalue weighted by Gasteiger charge is 2.32. The van der Waals surface area contributed by atoms with E-state index in [2.05, 4.69) is 18.5 Å². The number of anilines is 1. The number of nitrogens with zero attached hydrogens (tertiary/aromatic N) is 3. The molecule has 2 heterocycles. The Morgan fingerprint density at radius 1 is 0.898 bits per heavy atom. The number of rotatable bonds is 9. The van der Waals surface area contributed by atoms with Crippen LogP contribution < -0.4 is 4.90 Å². The molecule has 4 aromatic rings. The van der Waals surface area contributed by atoms with Crippen LogP contribution in [0.4, 0.5) is 27.6 Å². The Kier molecular flexibility index (Phi) is 10.3. The molecule has 0 saturated carbocycles. The van der Waals surface area contributed by atoms with Crippen LogP contribution in [0.5, 0.6) is 0 Å². The van der Waals surface area contributed by atoms with Gasteiger partial charge in [-0.2, -0.15) is 13.2 Å². The average molecular weight is 690 g/mol. The molecule has 2 aliphatic rings. The molecule has 0 bridgehead atoms. The van der Waals surface area contributed by atoms with Crippen molar-refractivity contribution in [2.24, 2.45) is 0 Å². The highest BCUT2D eigenvalue weighted by atomic mass is 32.2. The second-order valence-electron chi connectivity index (χ2n) is 12.4. The molecule has 49 heavy (non-hydrogen) atoms. The van der Waals surface area contributed by atoms with Gasteiger partial charge in [-0.1, -0.05) is 73.3 Å². The Balaban J connectivity index is 1.25. The maximum Gasteiger partial charge on any atom is 0.416 e. The standard InChI is InChI=1S/C39H36F5N3OS/c1-26-22-37(49-25-30-6-5-8-34(40)38(30)41)47(35-9-4-3-7-33(26)35)24-36(48)46(32-18-20-45(2)21-19-32)23-27-10-12-28(13-11-27)29-14-16-31(17-15-29)39(42,43)44/h3-17,22,32H,1,18-21,23-25H2,2H3. The summed E-state index contributed by atoms with van der Waals surface area (Å²) in [4.78, 5) is 20.5. The smallest absolute Gasteiger partial charge is 0.334 e. The number of carbonyl (C=O) groups excluding carboxylic acids is 1. The molecule has 2 aliphatic heterocycles. The van der Waals surface area contributed by atoms with Crippen molar-refractivity contribution in [2.75, 3.05) is 31.6 Å². The fourth-order valence-corrected chi connectivity index (χ4v) is 7.37. The molecule has 1 amide bonds. The van der Waals surface area contributed by atoms with Crippen LogP contribution in [-0.2, 0) is 23.3 Å². The number of amides is 1. The van der Waals surface area contributed by atoms with E-state index in [1.807, 2.05) is 64.4 Å². The average Bonchev–Trinajstić information content (AvgIpc) is 3.09. The van der Waals surface area contributed by atoms with E-state index in [4.69, 9.17) is 0 Å². The minimum atomic E-state index is -4.40. The highest BCUT2D eigenvalue weighted by Crippen LogP contribution is 2.40. The van der Waals surface area contributed by atoms with Gasteiger partial charge in [0.2, 0.25) is 5.91 Å². The third-order valence-corrected chi connectivity index (χ3v) is 10.2. The van der Waals surface area contributed by atoms with Crippen molar-refractivity contribution in [3.05, 3.63) is 143 Å². The molecule has 0 spiro atoms. The van der Waals surface area contributed by atoms with Gasteiger partial charge in [-0.05, 0) is 85.6 Å². The van der Waals surface area contributed by atoms with E-state index in [9.17, 15) is 26.7 Å². The summed E-state index contributed by atoms with van der Waals surface area (Å²) in [5, 5.41) is 0.713. The van der Waals surface area contributed by atoms with Gasteiger partial charge in [-0.25, -0.2) is 8.78 Å². The molecule has 4 nitrogen and oxygen atoms in total. The lowest BCUT2D eigenvalue weighted by atomic mass is 9.99. The molecule has 1 fully saturated rings. The second-order valence-corrected chi connectivity index (χ2v) is 13.4. The van der Waals surface area contributed by atoms with Crippen LogP contribution in [0.2, 0.25) is 0 Å². The lowest BCUT2D eigenvalue weighted by Crippen LogP contribution is -2.49. The van der Waals surface area contributed by atoms with E-state index >= 15 is 0 Å². The molecule has 0 unspecified atom stereocenters. The molecule has 10 heteroatoms. The molecule has 254 valence electrons. The summed E-state index contributed by atoms with van der Waals surface area (Å²) >= 11 is 1.32. The van der Waals surface area contributed by atoms with Gasteiger partial charge >= 0.3 is 6.18 Å². The summed E-state index contributed by atoms with van der Waals surface area (Å²) in [7, 11) is 2.07. The van der Waals surface area contributed by atoms with Crippen molar-refractivity contribution in [1.82, 2.24) is 9.80 Å². The van der Waals surface area contributed by atoms with Crippen LogP contribution in [0.25, 0.3) is 16.7 Å². The molecule has 0 aromatic heterocycles. The lowest BCUT2D eigenvalue weighted by molar-refractivity contribution is -0.137. The third-order valence-electron chi connectivity index (χ3n) is 9.11. The molecule has 0 radical (unpaired) electrons. The molecule has 0 atom stereocenters. The normalized spacial score (nSPS) is 15.6. The molecule has 0 aliphatic carbocycles. The zero-order chi connectivity index (χ0) is 34.7. The predicted octanol–water partition coefficient (Wildman–Crippen LogP) is 9.38. The summed E-state index contributed by atoms with van der Waals surface area (Å²) in [5.41, 5.74) is 4.36. The van der Waals surface area contributed by atoms with E-state index in [0.717, 1.165) is 72.1 Å². The van der Waals surface area contributed by atoms with Crippen LogP contribution in [0, 0.1) is 11.6 Å². The van der Waals surface area contributed by atoms with E-state index in [0.29, 0.717) is 17.1 Å². The van der Waals surface area contributed by atoms with Crippen LogP contribution in [0.15, 0.2) is 109 Å². The number of likely N-dealkylation sites (tertiary alicyclic amines) is 1.